The quantitative estimate of drug-likeness (QED) is 0.760. The van der Waals surface area contributed by atoms with Crippen LogP contribution in [0.1, 0.15) is 36.2 Å². The zero-order chi connectivity index (χ0) is 21.2. The minimum Gasteiger partial charge on any atom is -0.481 e. The number of ether oxygens (including phenoxy) is 1. The molecule has 3 rings (SSSR count). The predicted molar refractivity (Wildman–Crippen MR) is 103 cm³/mol. The summed E-state index contributed by atoms with van der Waals surface area (Å²) in [6, 6.07) is 4.20. The average Bonchev–Trinajstić information content (AvgIpc) is 2.79. The summed E-state index contributed by atoms with van der Waals surface area (Å²) in [5, 5.41) is 8.91. The fourth-order valence-electron chi connectivity index (χ4n) is 2.86. The van der Waals surface area contributed by atoms with Crippen LogP contribution in [0.15, 0.2) is 24.5 Å². The molecule has 1 aromatic heterocycles. The number of benzene rings is 1. The Hall–Kier alpha value is -3.67. The van der Waals surface area contributed by atoms with E-state index in [0.717, 1.165) is 0 Å². The number of carbonyl (C=O) groups is 2. The fraction of sp³-hybridized carbons (Fsp3) is 0.300. The first kappa shape index (κ1) is 20.1. The number of nitrogens with two attached hydrogens (primary N) is 1. The molecule has 29 heavy (non-hydrogen) atoms. The average molecular weight is 398 g/mol. The molecule has 0 fully saturated rings. The second-order valence-electron chi connectivity index (χ2n) is 7.11. The van der Waals surface area contributed by atoms with Crippen molar-refractivity contribution in [1.82, 2.24) is 9.97 Å². The van der Waals surface area contributed by atoms with Crippen molar-refractivity contribution in [2.75, 3.05) is 23.8 Å². The van der Waals surface area contributed by atoms with Crippen LogP contribution in [0, 0.1) is 23.1 Å². The number of aliphatic carboxylic acids is 1. The number of fused-ring (bicyclic) bond motifs is 1. The molecule has 3 N–H and O–H groups in total. The lowest BCUT2D eigenvalue weighted by Crippen LogP contribution is -2.33. The molecular formula is C20H19FN4O4. The second-order valence-corrected chi connectivity index (χ2v) is 7.11. The van der Waals surface area contributed by atoms with Crippen LogP contribution in [0.2, 0.25) is 0 Å². The number of halogens is 1. The van der Waals surface area contributed by atoms with Gasteiger partial charge in [-0.3, -0.25) is 9.59 Å². The van der Waals surface area contributed by atoms with Gasteiger partial charge in [0.05, 0.1) is 18.7 Å². The molecule has 1 aromatic carbocycles. The zero-order valence-electron chi connectivity index (χ0n) is 15.9. The summed E-state index contributed by atoms with van der Waals surface area (Å²) in [5.41, 5.74) is 5.43. The fourth-order valence-corrected chi connectivity index (χ4v) is 2.86. The van der Waals surface area contributed by atoms with Crippen molar-refractivity contribution < 1.29 is 23.8 Å². The number of carboxylic acids is 1. The van der Waals surface area contributed by atoms with Gasteiger partial charge in [0.1, 0.15) is 30.1 Å². The van der Waals surface area contributed by atoms with Gasteiger partial charge in [-0.25, -0.2) is 14.4 Å². The zero-order valence-corrected chi connectivity index (χ0v) is 15.9. The number of hydrogen-bond donors (Lipinski definition) is 2. The number of rotatable bonds is 3. The van der Waals surface area contributed by atoms with E-state index in [-0.39, 0.29) is 42.5 Å². The third-order valence-corrected chi connectivity index (χ3v) is 4.23. The molecule has 150 valence electrons. The van der Waals surface area contributed by atoms with Crippen LogP contribution in [-0.4, -0.2) is 40.1 Å². The lowest BCUT2D eigenvalue weighted by atomic mass is 9.90. The Morgan fingerprint density at radius 3 is 2.86 bits per heavy atom. The van der Waals surface area contributed by atoms with Crippen LogP contribution in [0.4, 0.5) is 15.9 Å². The van der Waals surface area contributed by atoms with Crippen LogP contribution in [-0.2, 0) is 4.79 Å². The number of nitrogen functional groups attached to an aromatic ring is 1. The number of hydrogen-bond acceptors (Lipinski definition) is 6. The maximum absolute atomic E-state index is 14.8. The van der Waals surface area contributed by atoms with E-state index >= 15 is 0 Å². The summed E-state index contributed by atoms with van der Waals surface area (Å²) in [6.07, 6.45) is 1.06. The lowest BCUT2D eigenvalue weighted by Gasteiger charge is -2.21. The molecule has 2 heterocycles. The van der Waals surface area contributed by atoms with Crippen molar-refractivity contribution in [2.24, 2.45) is 5.41 Å². The molecule has 0 unspecified atom stereocenters. The normalized spacial score (nSPS) is 13.6. The molecule has 1 aliphatic rings. The topological polar surface area (TPSA) is 119 Å². The molecule has 0 saturated heterocycles. The number of aromatic nitrogens is 2. The third kappa shape index (κ3) is 4.43. The Bertz CT molecular complexity index is 1040. The molecular weight excluding hydrogens is 379 g/mol. The van der Waals surface area contributed by atoms with Crippen LogP contribution in [0.3, 0.4) is 0 Å². The Balaban J connectivity index is 1.90. The van der Waals surface area contributed by atoms with Crippen molar-refractivity contribution in [1.29, 1.82) is 0 Å². The Kier molecular flexibility index (Phi) is 5.37. The molecule has 8 nitrogen and oxygen atoms in total. The van der Waals surface area contributed by atoms with Gasteiger partial charge in [-0.2, -0.15) is 0 Å². The van der Waals surface area contributed by atoms with Crippen molar-refractivity contribution in [3.05, 3.63) is 41.5 Å². The molecule has 0 bridgehead atoms. The van der Waals surface area contributed by atoms with Crippen LogP contribution < -0.4 is 15.4 Å². The first-order valence-corrected chi connectivity index (χ1v) is 8.77. The van der Waals surface area contributed by atoms with E-state index in [9.17, 15) is 14.0 Å². The van der Waals surface area contributed by atoms with E-state index < -0.39 is 23.1 Å². The Labute approximate surface area is 166 Å². The Morgan fingerprint density at radius 2 is 2.17 bits per heavy atom. The summed E-state index contributed by atoms with van der Waals surface area (Å²) in [7, 11) is 0. The number of anilines is 2. The summed E-state index contributed by atoms with van der Waals surface area (Å²) in [5.74, 6) is 3.47. The standard InChI is InChI=1S/C20H19FN4O4/c1-20(2,10-15(26)27)6-5-12-3-4-14(13(21)9-12)25-7-8-29-18-16(19(25)28)17(22)23-11-24-18/h3-4,9,11H,7-8,10H2,1-2H3,(H,26,27)(H2,22,23,24). The van der Waals surface area contributed by atoms with Gasteiger partial charge in [-0.05, 0) is 32.0 Å². The monoisotopic (exact) mass is 398 g/mol. The maximum atomic E-state index is 14.8. The van der Waals surface area contributed by atoms with Crippen molar-refractivity contribution in [3.63, 3.8) is 0 Å². The molecule has 0 spiro atoms. The second kappa shape index (κ2) is 7.75. The minimum atomic E-state index is -0.962. The molecule has 0 saturated carbocycles. The van der Waals surface area contributed by atoms with Crippen LogP contribution in [0.5, 0.6) is 5.88 Å². The molecule has 0 aliphatic carbocycles. The maximum Gasteiger partial charge on any atom is 0.304 e. The molecule has 1 amide bonds. The van der Waals surface area contributed by atoms with Gasteiger partial charge >= 0.3 is 5.97 Å². The van der Waals surface area contributed by atoms with E-state index in [1.807, 2.05) is 0 Å². The van der Waals surface area contributed by atoms with E-state index in [2.05, 4.69) is 21.8 Å². The number of amides is 1. The molecule has 0 radical (unpaired) electrons. The van der Waals surface area contributed by atoms with Crippen LogP contribution >= 0.6 is 0 Å². The van der Waals surface area contributed by atoms with Gasteiger partial charge < -0.3 is 20.5 Å². The molecule has 9 heteroatoms. The Morgan fingerprint density at radius 1 is 1.41 bits per heavy atom. The third-order valence-electron chi connectivity index (χ3n) is 4.23. The molecule has 1 aliphatic heterocycles. The molecule has 2 aromatic rings. The van der Waals surface area contributed by atoms with Gasteiger partial charge in [0.2, 0.25) is 5.88 Å². The van der Waals surface area contributed by atoms with E-state index in [1.54, 1.807) is 19.9 Å². The number of nitrogens with zero attached hydrogens (tertiary/aromatic N) is 3. The largest absolute Gasteiger partial charge is 0.481 e. The van der Waals surface area contributed by atoms with E-state index in [4.69, 9.17) is 15.6 Å². The summed E-state index contributed by atoms with van der Waals surface area (Å²) in [6.45, 7) is 3.60. The van der Waals surface area contributed by atoms with E-state index in [1.165, 1.54) is 23.4 Å². The van der Waals surface area contributed by atoms with Gasteiger partial charge in [0, 0.05) is 11.0 Å². The first-order valence-electron chi connectivity index (χ1n) is 8.77. The minimum absolute atomic E-state index is 0.0105. The van der Waals surface area contributed by atoms with Gasteiger partial charge in [0.25, 0.3) is 5.91 Å². The first-order chi connectivity index (χ1) is 13.7. The summed E-state index contributed by atoms with van der Waals surface area (Å²) >= 11 is 0. The number of carbonyl (C=O) groups excluding carboxylic acids is 1. The van der Waals surface area contributed by atoms with Crippen LogP contribution in [0.25, 0.3) is 0 Å². The highest BCUT2D eigenvalue weighted by atomic mass is 19.1. The van der Waals surface area contributed by atoms with Gasteiger partial charge in [-0.15, -0.1) is 0 Å². The highest BCUT2D eigenvalue weighted by Gasteiger charge is 2.30. The number of carboxylic acid groups (broad SMARTS) is 1. The predicted octanol–water partition coefficient (Wildman–Crippen LogP) is 2.09. The van der Waals surface area contributed by atoms with Crippen molar-refractivity contribution in [2.45, 2.75) is 20.3 Å². The highest BCUT2D eigenvalue weighted by molar-refractivity contribution is 6.10. The van der Waals surface area contributed by atoms with Crippen molar-refractivity contribution in [3.8, 4) is 17.7 Å². The SMILES string of the molecule is CC(C)(C#Cc1ccc(N2CCOc3ncnc(N)c3C2=O)c(F)c1)CC(=O)O. The summed E-state index contributed by atoms with van der Waals surface area (Å²) < 4.78 is 20.2. The lowest BCUT2D eigenvalue weighted by molar-refractivity contribution is -0.138. The highest BCUT2D eigenvalue weighted by Crippen LogP contribution is 2.29. The van der Waals surface area contributed by atoms with Gasteiger partial charge in [-0.1, -0.05) is 11.8 Å². The smallest absolute Gasteiger partial charge is 0.304 e. The van der Waals surface area contributed by atoms with Crippen molar-refractivity contribution >= 4 is 23.4 Å². The summed E-state index contributed by atoms with van der Waals surface area (Å²) in [4.78, 5) is 32.7. The molecule has 0 atom stereocenters. The van der Waals surface area contributed by atoms with Gasteiger partial charge in [0.15, 0.2) is 0 Å². The van der Waals surface area contributed by atoms with E-state index in [0.29, 0.717) is 5.56 Å².